The van der Waals surface area contributed by atoms with Crippen molar-refractivity contribution in [3.05, 3.63) is 34.9 Å². The van der Waals surface area contributed by atoms with Gasteiger partial charge in [-0.05, 0) is 43.2 Å². The van der Waals surface area contributed by atoms with E-state index in [0.29, 0.717) is 5.78 Å². The van der Waals surface area contributed by atoms with E-state index >= 15 is 0 Å². The average molecular weight is 216 g/mol. The molecule has 1 aromatic rings. The van der Waals surface area contributed by atoms with E-state index in [9.17, 15) is 4.79 Å². The molecule has 0 saturated heterocycles. The first kappa shape index (κ1) is 11.4. The Labute approximate surface area is 97.9 Å². The molecule has 0 heterocycles. The molecule has 1 heteroatoms. The molecule has 1 aromatic carbocycles. The largest absolute Gasteiger partial charge is 0.299 e. The minimum absolute atomic E-state index is 0.128. The van der Waals surface area contributed by atoms with Gasteiger partial charge in [0.05, 0.1) is 0 Å². The highest BCUT2D eigenvalue weighted by molar-refractivity contribution is 5.84. The smallest absolute Gasteiger partial charge is 0.137 e. The van der Waals surface area contributed by atoms with E-state index in [2.05, 4.69) is 39.0 Å². The van der Waals surface area contributed by atoms with E-state index < -0.39 is 0 Å². The van der Waals surface area contributed by atoms with Crippen LogP contribution in [-0.4, -0.2) is 5.78 Å². The van der Waals surface area contributed by atoms with Crippen LogP contribution in [0.1, 0.15) is 56.2 Å². The summed E-state index contributed by atoms with van der Waals surface area (Å²) < 4.78 is 0. The van der Waals surface area contributed by atoms with Crippen molar-refractivity contribution in [1.29, 1.82) is 0 Å². The Balaban J connectivity index is 2.57. The zero-order chi connectivity index (χ0) is 11.9. The molecule has 86 valence electrons. The van der Waals surface area contributed by atoms with Gasteiger partial charge in [-0.1, -0.05) is 37.6 Å². The predicted molar refractivity (Wildman–Crippen MR) is 66.9 cm³/mol. The maximum absolute atomic E-state index is 11.7. The van der Waals surface area contributed by atoms with Crippen molar-refractivity contribution in [3.8, 4) is 0 Å². The Morgan fingerprint density at radius 3 is 2.69 bits per heavy atom. The first-order valence-electron chi connectivity index (χ1n) is 6.03. The van der Waals surface area contributed by atoms with Gasteiger partial charge in [0.2, 0.25) is 0 Å². The molecule has 0 amide bonds. The monoisotopic (exact) mass is 216 g/mol. The van der Waals surface area contributed by atoms with Gasteiger partial charge in [-0.25, -0.2) is 0 Å². The summed E-state index contributed by atoms with van der Waals surface area (Å²) in [5.74, 6) is 0.434. The van der Waals surface area contributed by atoms with Crippen molar-refractivity contribution >= 4 is 5.78 Å². The summed E-state index contributed by atoms with van der Waals surface area (Å²) >= 11 is 0. The second kappa shape index (κ2) is 3.73. The molecule has 0 fully saturated rings. The molecular weight excluding hydrogens is 196 g/mol. The van der Waals surface area contributed by atoms with Crippen LogP contribution in [0, 0.1) is 6.92 Å². The first-order chi connectivity index (χ1) is 7.42. The summed E-state index contributed by atoms with van der Waals surface area (Å²) in [6.45, 7) is 8.39. The summed E-state index contributed by atoms with van der Waals surface area (Å²) in [6, 6.07) is 6.53. The van der Waals surface area contributed by atoms with Crippen LogP contribution in [0.5, 0.6) is 0 Å². The third kappa shape index (κ3) is 1.79. The Kier molecular flexibility index (Phi) is 2.65. The Bertz CT molecular complexity index is 429. The second-order valence-corrected chi connectivity index (χ2v) is 5.68. The molecule has 0 N–H and O–H groups in total. The third-order valence-corrected chi connectivity index (χ3v) is 3.86. The standard InChI is InChI=1S/C15H20O/c1-10-5-6-13-12(11(2)16)7-8-15(3,4)14(13)9-10/h5-6,9,12H,7-8H2,1-4H3. The Morgan fingerprint density at radius 1 is 1.38 bits per heavy atom. The van der Waals surface area contributed by atoms with Crippen molar-refractivity contribution < 1.29 is 4.79 Å². The highest BCUT2D eigenvalue weighted by atomic mass is 16.1. The quantitative estimate of drug-likeness (QED) is 0.699. The number of Topliss-reactive ketones (excluding diaryl/α,β-unsaturated/α-hetero) is 1. The lowest BCUT2D eigenvalue weighted by Gasteiger charge is -2.36. The van der Waals surface area contributed by atoms with E-state index in [1.54, 1.807) is 6.92 Å². The number of ketones is 1. The molecule has 1 nitrogen and oxygen atoms in total. The van der Waals surface area contributed by atoms with Crippen LogP contribution in [0.3, 0.4) is 0 Å². The second-order valence-electron chi connectivity index (χ2n) is 5.68. The predicted octanol–water partition coefficient (Wildman–Crippen LogP) is 3.74. The van der Waals surface area contributed by atoms with Crippen LogP contribution in [0.25, 0.3) is 0 Å². The number of hydrogen-bond donors (Lipinski definition) is 0. The topological polar surface area (TPSA) is 17.1 Å². The molecule has 0 spiro atoms. The first-order valence-corrected chi connectivity index (χ1v) is 6.03. The zero-order valence-electron chi connectivity index (χ0n) is 10.6. The zero-order valence-corrected chi connectivity index (χ0v) is 10.6. The molecule has 1 atom stereocenters. The molecule has 2 rings (SSSR count). The third-order valence-electron chi connectivity index (χ3n) is 3.86. The highest BCUT2D eigenvalue weighted by Gasteiger charge is 2.34. The van der Waals surface area contributed by atoms with Gasteiger partial charge in [0.25, 0.3) is 0 Å². The normalized spacial score (nSPS) is 22.6. The molecule has 1 aliphatic rings. The number of hydrogen-bond acceptors (Lipinski definition) is 1. The van der Waals surface area contributed by atoms with Crippen LogP contribution in [0.2, 0.25) is 0 Å². The lowest BCUT2D eigenvalue weighted by Crippen LogP contribution is -2.28. The summed E-state index contributed by atoms with van der Waals surface area (Å²) in [6.07, 6.45) is 2.10. The van der Waals surface area contributed by atoms with Crippen molar-refractivity contribution in [2.45, 2.75) is 51.9 Å². The maximum Gasteiger partial charge on any atom is 0.137 e. The molecule has 1 aliphatic carbocycles. The Morgan fingerprint density at radius 2 is 2.06 bits per heavy atom. The van der Waals surface area contributed by atoms with Crippen LogP contribution >= 0.6 is 0 Å². The van der Waals surface area contributed by atoms with E-state index in [1.165, 1.54) is 16.7 Å². The van der Waals surface area contributed by atoms with Crippen molar-refractivity contribution in [3.63, 3.8) is 0 Å². The maximum atomic E-state index is 11.7. The van der Waals surface area contributed by atoms with Gasteiger partial charge in [0.15, 0.2) is 0 Å². The number of fused-ring (bicyclic) bond motifs is 1. The van der Waals surface area contributed by atoms with E-state index in [1.807, 2.05) is 0 Å². The van der Waals surface area contributed by atoms with Gasteiger partial charge in [0, 0.05) is 5.92 Å². The minimum Gasteiger partial charge on any atom is -0.299 e. The van der Waals surface area contributed by atoms with Crippen LogP contribution in [-0.2, 0) is 10.2 Å². The summed E-state index contributed by atoms with van der Waals surface area (Å²) in [4.78, 5) is 11.7. The van der Waals surface area contributed by atoms with Gasteiger partial charge < -0.3 is 0 Å². The summed E-state index contributed by atoms with van der Waals surface area (Å²) in [5.41, 5.74) is 4.14. The minimum atomic E-state index is 0.128. The van der Waals surface area contributed by atoms with E-state index in [-0.39, 0.29) is 11.3 Å². The lowest BCUT2D eigenvalue weighted by atomic mass is 9.67. The fourth-order valence-corrected chi connectivity index (χ4v) is 2.78. The molecule has 0 radical (unpaired) electrons. The Hall–Kier alpha value is -1.11. The van der Waals surface area contributed by atoms with Crippen molar-refractivity contribution in [2.75, 3.05) is 0 Å². The van der Waals surface area contributed by atoms with Crippen molar-refractivity contribution in [1.82, 2.24) is 0 Å². The van der Waals surface area contributed by atoms with Gasteiger partial charge >= 0.3 is 0 Å². The number of carbonyl (C=O) groups excluding carboxylic acids is 1. The van der Waals surface area contributed by atoms with E-state index in [0.717, 1.165) is 12.8 Å². The van der Waals surface area contributed by atoms with Gasteiger partial charge in [-0.3, -0.25) is 4.79 Å². The molecule has 16 heavy (non-hydrogen) atoms. The van der Waals surface area contributed by atoms with E-state index in [4.69, 9.17) is 0 Å². The SMILES string of the molecule is CC(=O)C1CCC(C)(C)c2cc(C)ccc21. The van der Waals surface area contributed by atoms with Gasteiger partial charge in [-0.15, -0.1) is 0 Å². The number of benzene rings is 1. The van der Waals surface area contributed by atoms with Crippen LogP contribution < -0.4 is 0 Å². The molecule has 0 aliphatic heterocycles. The van der Waals surface area contributed by atoms with Crippen LogP contribution in [0.4, 0.5) is 0 Å². The number of rotatable bonds is 1. The molecule has 0 aromatic heterocycles. The summed E-state index contributed by atoms with van der Waals surface area (Å²) in [5, 5.41) is 0. The van der Waals surface area contributed by atoms with Gasteiger partial charge in [-0.2, -0.15) is 0 Å². The summed E-state index contributed by atoms with van der Waals surface area (Å²) in [7, 11) is 0. The number of aryl methyl sites for hydroxylation is 1. The molecule has 1 unspecified atom stereocenters. The molecule has 0 saturated carbocycles. The average Bonchev–Trinajstić information content (AvgIpc) is 2.18. The molecular formula is C15H20O. The van der Waals surface area contributed by atoms with Crippen LogP contribution in [0.15, 0.2) is 18.2 Å². The van der Waals surface area contributed by atoms with Crippen molar-refractivity contribution in [2.24, 2.45) is 0 Å². The molecule has 0 bridgehead atoms. The highest BCUT2D eigenvalue weighted by Crippen LogP contribution is 2.43. The fourth-order valence-electron chi connectivity index (χ4n) is 2.78. The lowest BCUT2D eigenvalue weighted by molar-refractivity contribution is -0.118. The number of carbonyl (C=O) groups is 1. The van der Waals surface area contributed by atoms with Gasteiger partial charge in [0.1, 0.15) is 5.78 Å². The fraction of sp³-hybridized carbons (Fsp3) is 0.533.